The molecule has 25 heavy (non-hydrogen) atoms. The Hall–Kier alpha value is -2.36. The number of hydrogen-bond donors (Lipinski definition) is 2. The van der Waals surface area contributed by atoms with E-state index < -0.39 is 15.9 Å². The molecule has 1 amide bonds. The summed E-state index contributed by atoms with van der Waals surface area (Å²) in [5.74, 6) is 0.177. The van der Waals surface area contributed by atoms with E-state index in [2.05, 4.69) is 10.3 Å². The summed E-state index contributed by atoms with van der Waals surface area (Å²) in [6.45, 7) is 1.34. The highest BCUT2D eigenvalue weighted by molar-refractivity contribution is 7.89. The maximum atomic E-state index is 12.6. The number of methoxy groups -OCH3 is 1. The number of rotatable bonds is 5. The number of aromatic nitrogens is 1. The number of nitrogens with zero attached hydrogens (tertiary/aromatic N) is 1. The van der Waals surface area contributed by atoms with E-state index in [9.17, 15) is 13.2 Å². The van der Waals surface area contributed by atoms with E-state index in [-0.39, 0.29) is 10.6 Å². The zero-order valence-corrected chi connectivity index (χ0v) is 14.5. The summed E-state index contributed by atoms with van der Waals surface area (Å²) in [5.41, 5.74) is 0.714. The zero-order chi connectivity index (χ0) is 17.9. The van der Waals surface area contributed by atoms with Crippen molar-refractivity contribution in [2.24, 2.45) is 0 Å². The maximum Gasteiger partial charge on any atom is 0.272 e. The SMILES string of the molecule is COc1cccc(NC(=O)c2cc(S(=O)(=O)N3CCOCC3)c[nH]2)c1. The number of ether oxygens (including phenoxy) is 2. The number of H-pyrrole nitrogens is 1. The van der Waals surface area contributed by atoms with Crippen LogP contribution in [0.4, 0.5) is 5.69 Å². The Morgan fingerprint density at radius 1 is 1.28 bits per heavy atom. The predicted molar refractivity (Wildman–Crippen MR) is 91.3 cm³/mol. The van der Waals surface area contributed by atoms with Gasteiger partial charge in [-0.3, -0.25) is 4.79 Å². The van der Waals surface area contributed by atoms with Crippen LogP contribution in [0.25, 0.3) is 0 Å². The zero-order valence-electron chi connectivity index (χ0n) is 13.7. The Morgan fingerprint density at radius 3 is 2.76 bits per heavy atom. The van der Waals surface area contributed by atoms with Crippen molar-refractivity contribution >= 4 is 21.6 Å². The molecule has 0 atom stereocenters. The first-order valence-corrected chi connectivity index (χ1v) is 9.16. The van der Waals surface area contributed by atoms with Gasteiger partial charge in [-0.2, -0.15) is 4.31 Å². The monoisotopic (exact) mass is 365 g/mol. The molecule has 9 heteroatoms. The molecule has 1 aromatic heterocycles. The first-order chi connectivity index (χ1) is 12.0. The van der Waals surface area contributed by atoms with Crippen molar-refractivity contribution in [1.82, 2.24) is 9.29 Å². The third kappa shape index (κ3) is 3.84. The summed E-state index contributed by atoms with van der Waals surface area (Å²) in [6.07, 6.45) is 1.32. The van der Waals surface area contributed by atoms with Gasteiger partial charge in [0.1, 0.15) is 16.3 Å². The lowest BCUT2D eigenvalue weighted by Crippen LogP contribution is -2.40. The van der Waals surface area contributed by atoms with Gasteiger partial charge in [-0.25, -0.2) is 8.42 Å². The minimum absolute atomic E-state index is 0.0604. The van der Waals surface area contributed by atoms with Crippen molar-refractivity contribution < 1.29 is 22.7 Å². The molecular weight excluding hydrogens is 346 g/mol. The summed E-state index contributed by atoms with van der Waals surface area (Å²) >= 11 is 0. The van der Waals surface area contributed by atoms with Gasteiger partial charge in [0.05, 0.1) is 20.3 Å². The lowest BCUT2D eigenvalue weighted by Gasteiger charge is -2.25. The molecule has 1 saturated heterocycles. The molecule has 0 spiro atoms. The normalized spacial score (nSPS) is 15.7. The highest BCUT2D eigenvalue weighted by atomic mass is 32.2. The molecule has 0 unspecified atom stereocenters. The largest absolute Gasteiger partial charge is 0.497 e. The number of aromatic amines is 1. The van der Waals surface area contributed by atoms with Crippen LogP contribution < -0.4 is 10.1 Å². The second kappa shape index (κ2) is 7.26. The second-order valence-electron chi connectivity index (χ2n) is 5.45. The summed E-state index contributed by atoms with van der Waals surface area (Å²) in [6, 6.07) is 8.23. The smallest absolute Gasteiger partial charge is 0.272 e. The average Bonchev–Trinajstić information content (AvgIpc) is 3.14. The molecule has 2 aromatic rings. The number of amides is 1. The number of sulfonamides is 1. The number of benzene rings is 1. The lowest BCUT2D eigenvalue weighted by atomic mass is 10.3. The highest BCUT2D eigenvalue weighted by Crippen LogP contribution is 2.20. The van der Waals surface area contributed by atoms with Crippen molar-refractivity contribution in [1.29, 1.82) is 0 Å². The molecule has 2 heterocycles. The van der Waals surface area contributed by atoms with Crippen molar-refractivity contribution in [3.05, 3.63) is 42.2 Å². The number of carbonyl (C=O) groups excluding carboxylic acids is 1. The average molecular weight is 365 g/mol. The molecular formula is C16H19N3O5S. The number of nitrogens with one attached hydrogen (secondary N) is 2. The van der Waals surface area contributed by atoms with Gasteiger partial charge in [0.2, 0.25) is 10.0 Å². The van der Waals surface area contributed by atoms with Gasteiger partial charge in [0, 0.05) is 31.0 Å². The predicted octanol–water partition coefficient (Wildman–Crippen LogP) is 1.30. The molecule has 1 aliphatic heterocycles. The molecule has 1 aromatic carbocycles. The van der Waals surface area contributed by atoms with Gasteiger partial charge in [-0.1, -0.05) is 6.07 Å². The van der Waals surface area contributed by atoms with Crippen molar-refractivity contribution in [3.8, 4) is 5.75 Å². The van der Waals surface area contributed by atoms with Crippen LogP contribution in [0.3, 0.4) is 0 Å². The fraction of sp³-hybridized carbons (Fsp3) is 0.312. The van der Waals surface area contributed by atoms with Crippen LogP contribution in [0.5, 0.6) is 5.75 Å². The van der Waals surface area contributed by atoms with E-state index in [4.69, 9.17) is 9.47 Å². The Morgan fingerprint density at radius 2 is 2.04 bits per heavy atom. The number of anilines is 1. The van der Waals surface area contributed by atoms with E-state index in [0.717, 1.165) is 0 Å². The van der Waals surface area contributed by atoms with Crippen LogP contribution in [-0.2, 0) is 14.8 Å². The van der Waals surface area contributed by atoms with Crippen molar-refractivity contribution in [2.75, 3.05) is 38.7 Å². The van der Waals surface area contributed by atoms with Gasteiger partial charge in [-0.15, -0.1) is 0 Å². The summed E-state index contributed by atoms with van der Waals surface area (Å²) < 4.78 is 36.8. The van der Waals surface area contributed by atoms with Crippen LogP contribution in [0, 0.1) is 0 Å². The Labute approximate surface area is 145 Å². The number of hydrogen-bond acceptors (Lipinski definition) is 5. The fourth-order valence-electron chi connectivity index (χ4n) is 2.49. The number of carbonyl (C=O) groups is 1. The van der Waals surface area contributed by atoms with Gasteiger partial charge < -0.3 is 19.8 Å². The van der Waals surface area contributed by atoms with E-state index in [1.54, 1.807) is 24.3 Å². The van der Waals surface area contributed by atoms with Crippen LogP contribution in [0.1, 0.15) is 10.5 Å². The Balaban J connectivity index is 1.75. The van der Waals surface area contributed by atoms with Crippen molar-refractivity contribution in [3.63, 3.8) is 0 Å². The first kappa shape index (κ1) is 17.5. The van der Waals surface area contributed by atoms with Gasteiger partial charge >= 0.3 is 0 Å². The van der Waals surface area contributed by atoms with Gasteiger partial charge in [-0.05, 0) is 18.2 Å². The van der Waals surface area contributed by atoms with E-state index >= 15 is 0 Å². The quantitative estimate of drug-likeness (QED) is 0.832. The molecule has 0 bridgehead atoms. The van der Waals surface area contributed by atoms with E-state index in [1.807, 2.05) is 0 Å². The van der Waals surface area contributed by atoms with Crippen molar-refractivity contribution in [2.45, 2.75) is 4.90 Å². The Kier molecular flexibility index (Phi) is 5.07. The molecule has 1 aliphatic rings. The fourth-order valence-corrected chi connectivity index (χ4v) is 3.89. The molecule has 0 radical (unpaired) electrons. The molecule has 0 saturated carbocycles. The molecule has 2 N–H and O–H groups in total. The van der Waals surface area contributed by atoms with Crippen LogP contribution in [0.2, 0.25) is 0 Å². The second-order valence-corrected chi connectivity index (χ2v) is 7.39. The molecule has 134 valence electrons. The Bertz CT molecular complexity index is 856. The van der Waals surface area contributed by atoms with Crippen LogP contribution >= 0.6 is 0 Å². The van der Waals surface area contributed by atoms with Gasteiger partial charge in [0.25, 0.3) is 5.91 Å². The third-order valence-corrected chi connectivity index (χ3v) is 5.71. The highest BCUT2D eigenvalue weighted by Gasteiger charge is 2.27. The van der Waals surface area contributed by atoms with E-state index in [1.165, 1.54) is 23.7 Å². The maximum absolute atomic E-state index is 12.6. The minimum atomic E-state index is -3.64. The van der Waals surface area contributed by atoms with E-state index in [0.29, 0.717) is 37.7 Å². The summed E-state index contributed by atoms with van der Waals surface area (Å²) in [7, 11) is -2.10. The minimum Gasteiger partial charge on any atom is -0.497 e. The molecule has 8 nitrogen and oxygen atoms in total. The lowest BCUT2D eigenvalue weighted by molar-refractivity contribution is 0.0730. The molecule has 1 fully saturated rings. The third-order valence-electron chi connectivity index (χ3n) is 3.84. The van der Waals surface area contributed by atoms with Gasteiger partial charge in [0.15, 0.2) is 0 Å². The molecule has 3 rings (SSSR count). The standard InChI is InChI=1S/C16H19N3O5S/c1-23-13-4-2-3-12(9-13)18-16(20)15-10-14(11-17-15)25(21,22)19-5-7-24-8-6-19/h2-4,9-11,17H,5-8H2,1H3,(H,18,20). The first-order valence-electron chi connectivity index (χ1n) is 7.72. The number of morpholine rings is 1. The topological polar surface area (TPSA) is 101 Å². The van der Waals surface area contributed by atoms with Crippen LogP contribution in [-0.4, -0.2) is 57.0 Å². The summed E-state index contributed by atoms with van der Waals surface area (Å²) in [5, 5.41) is 2.70. The summed E-state index contributed by atoms with van der Waals surface area (Å²) in [4.78, 5) is 15.1. The van der Waals surface area contributed by atoms with Crippen LogP contribution in [0.15, 0.2) is 41.4 Å². The molecule has 0 aliphatic carbocycles.